The van der Waals surface area contributed by atoms with Gasteiger partial charge in [0.2, 0.25) is 0 Å². The molecule has 0 aromatic heterocycles. The Morgan fingerprint density at radius 2 is 1.81 bits per heavy atom. The van der Waals surface area contributed by atoms with Crippen LogP contribution in [-0.4, -0.2) is 10.7 Å². The molecule has 0 spiro atoms. The van der Waals surface area contributed by atoms with Gasteiger partial charge in [0, 0.05) is 11.8 Å². The van der Waals surface area contributed by atoms with Crippen molar-refractivity contribution in [2.24, 2.45) is 11.3 Å². The number of rotatable bonds is 10. The zero-order valence-corrected chi connectivity index (χ0v) is 18.5. The van der Waals surface area contributed by atoms with Crippen LogP contribution >= 0.6 is 11.8 Å². The van der Waals surface area contributed by atoms with Gasteiger partial charge in [-0.05, 0) is 41.2 Å². The van der Waals surface area contributed by atoms with Crippen LogP contribution in [0, 0.1) is 21.4 Å². The molecule has 1 unspecified atom stereocenters. The van der Waals surface area contributed by atoms with E-state index in [9.17, 15) is 10.1 Å². The summed E-state index contributed by atoms with van der Waals surface area (Å²) in [6.45, 7) is 15.4. The molecule has 0 N–H and O–H groups in total. The Balaban J connectivity index is 3.00. The van der Waals surface area contributed by atoms with Crippen LogP contribution in [0.15, 0.2) is 23.1 Å². The Morgan fingerprint density at radius 1 is 1.15 bits per heavy atom. The molecule has 148 valence electrons. The van der Waals surface area contributed by atoms with Crippen molar-refractivity contribution in [2.75, 3.05) is 5.75 Å². The van der Waals surface area contributed by atoms with Gasteiger partial charge in [-0.2, -0.15) is 0 Å². The van der Waals surface area contributed by atoms with Crippen LogP contribution in [0.4, 0.5) is 5.69 Å². The van der Waals surface area contributed by atoms with Gasteiger partial charge >= 0.3 is 0 Å². The lowest BCUT2D eigenvalue weighted by Gasteiger charge is -2.33. The number of benzene rings is 1. The molecule has 0 aliphatic heterocycles. The molecule has 26 heavy (non-hydrogen) atoms. The highest BCUT2D eigenvalue weighted by Crippen LogP contribution is 2.40. The van der Waals surface area contributed by atoms with E-state index in [1.54, 1.807) is 17.8 Å². The van der Waals surface area contributed by atoms with Gasteiger partial charge in [-0.3, -0.25) is 10.1 Å². The molecule has 0 amide bonds. The van der Waals surface area contributed by atoms with E-state index in [4.69, 9.17) is 0 Å². The van der Waals surface area contributed by atoms with Gasteiger partial charge in [-0.15, -0.1) is 11.8 Å². The van der Waals surface area contributed by atoms with Crippen LogP contribution in [0.1, 0.15) is 86.1 Å². The molecule has 1 aromatic carbocycles. The summed E-state index contributed by atoms with van der Waals surface area (Å²) in [5.41, 5.74) is 1.42. The largest absolute Gasteiger partial charge is 0.283 e. The fraction of sp³-hybridized carbons (Fsp3) is 0.727. The van der Waals surface area contributed by atoms with E-state index in [-0.39, 0.29) is 21.4 Å². The Bertz CT molecular complexity index is 590. The normalized spacial score (nSPS) is 13.7. The number of nitro benzene ring substituents is 1. The van der Waals surface area contributed by atoms with E-state index in [1.807, 2.05) is 6.07 Å². The van der Waals surface area contributed by atoms with Crippen molar-refractivity contribution in [1.29, 1.82) is 0 Å². The van der Waals surface area contributed by atoms with Gasteiger partial charge in [0.1, 0.15) is 0 Å². The first-order valence-corrected chi connectivity index (χ1v) is 10.9. The monoisotopic (exact) mass is 379 g/mol. The topological polar surface area (TPSA) is 43.1 Å². The standard InChI is InChI=1S/C22H37NO2S/c1-8-10-11-17(9-2)15-26-20-13-12-18(14-19(20)23(24)25)22(6,7)16-21(3,4)5/h12-14,17H,8-11,15-16H2,1-7H3. The average Bonchev–Trinajstić information content (AvgIpc) is 2.52. The molecule has 1 rings (SSSR count). The maximum atomic E-state index is 11.7. The average molecular weight is 380 g/mol. The summed E-state index contributed by atoms with van der Waals surface area (Å²) >= 11 is 1.65. The lowest BCUT2D eigenvalue weighted by Crippen LogP contribution is -2.24. The predicted molar refractivity (Wildman–Crippen MR) is 114 cm³/mol. The fourth-order valence-electron chi connectivity index (χ4n) is 3.74. The second-order valence-electron chi connectivity index (χ2n) is 9.29. The molecule has 3 nitrogen and oxygen atoms in total. The number of hydrogen-bond donors (Lipinski definition) is 0. The van der Waals surface area contributed by atoms with E-state index >= 15 is 0 Å². The minimum absolute atomic E-state index is 0.0840. The zero-order valence-electron chi connectivity index (χ0n) is 17.7. The SMILES string of the molecule is CCCCC(CC)CSc1ccc(C(C)(C)CC(C)(C)C)cc1[N+](=O)[O-]. The van der Waals surface area contributed by atoms with Crippen LogP contribution in [0.3, 0.4) is 0 Å². The van der Waals surface area contributed by atoms with E-state index in [0.717, 1.165) is 29.1 Å². The first kappa shape index (κ1) is 23.0. The van der Waals surface area contributed by atoms with Crippen LogP contribution in [0.5, 0.6) is 0 Å². The summed E-state index contributed by atoms with van der Waals surface area (Å²) in [6.07, 6.45) is 5.78. The molecule has 0 aliphatic rings. The summed E-state index contributed by atoms with van der Waals surface area (Å²) in [4.78, 5) is 12.3. The molecule has 0 radical (unpaired) electrons. The van der Waals surface area contributed by atoms with Crippen molar-refractivity contribution in [3.05, 3.63) is 33.9 Å². The van der Waals surface area contributed by atoms with Crippen molar-refractivity contribution in [3.63, 3.8) is 0 Å². The number of thioether (sulfide) groups is 1. The van der Waals surface area contributed by atoms with E-state index in [2.05, 4.69) is 54.5 Å². The first-order chi connectivity index (χ1) is 12.0. The summed E-state index contributed by atoms with van der Waals surface area (Å²) in [7, 11) is 0. The number of nitrogens with zero attached hydrogens (tertiary/aromatic N) is 1. The molecule has 0 aliphatic carbocycles. The molecule has 0 fully saturated rings. The fourth-order valence-corrected chi connectivity index (χ4v) is 5.00. The van der Waals surface area contributed by atoms with Gasteiger partial charge in [-0.1, -0.05) is 73.8 Å². The van der Waals surface area contributed by atoms with Gasteiger partial charge in [-0.25, -0.2) is 0 Å². The molecular formula is C22H37NO2S. The van der Waals surface area contributed by atoms with Crippen molar-refractivity contribution < 1.29 is 4.92 Å². The quantitative estimate of drug-likeness (QED) is 0.238. The van der Waals surface area contributed by atoms with E-state index in [0.29, 0.717) is 5.92 Å². The summed E-state index contributed by atoms with van der Waals surface area (Å²) in [5.74, 6) is 1.60. The van der Waals surface area contributed by atoms with Crippen LogP contribution in [0.2, 0.25) is 0 Å². The second-order valence-corrected chi connectivity index (χ2v) is 10.4. The maximum Gasteiger partial charge on any atom is 0.283 e. The number of unbranched alkanes of at least 4 members (excludes halogenated alkanes) is 1. The molecule has 4 heteroatoms. The van der Waals surface area contributed by atoms with Crippen molar-refractivity contribution >= 4 is 17.4 Å². The van der Waals surface area contributed by atoms with Crippen molar-refractivity contribution in [2.45, 2.75) is 90.9 Å². The first-order valence-electron chi connectivity index (χ1n) is 9.92. The lowest BCUT2D eigenvalue weighted by molar-refractivity contribution is -0.387. The summed E-state index contributed by atoms with van der Waals surface area (Å²) in [6, 6.07) is 5.87. The third-order valence-electron chi connectivity index (χ3n) is 4.93. The molecule has 0 saturated carbocycles. The zero-order chi connectivity index (χ0) is 20.0. The Kier molecular flexibility index (Phi) is 8.65. The minimum Gasteiger partial charge on any atom is -0.258 e. The molecular weight excluding hydrogens is 342 g/mol. The molecule has 1 atom stereocenters. The molecule has 0 saturated heterocycles. The smallest absolute Gasteiger partial charge is 0.258 e. The molecule has 0 heterocycles. The van der Waals surface area contributed by atoms with Crippen LogP contribution in [0.25, 0.3) is 0 Å². The minimum atomic E-state index is -0.216. The Morgan fingerprint density at radius 3 is 2.31 bits per heavy atom. The lowest BCUT2D eigenvalue weighted by atomic mass is 9.72. The third kappa shape index (κ3) is 7.30. The summed E-state index contributed by atoms with van der Waals surface area (Å²) in [5, 5.41) is 11.7. The Labute approximate surface area is 164 Å². The summed E-state index contributed by atoms with van der Waals surface area (Å²) < 4.78 is 0. The van der Waals surface area contributed by atoms with Crippen molar-refractivity contribution in [1.82, 2.24) is 0 Å². The van der Waals surface area contributed by atoms with Gasteiger partial charge < -0.3 is 0 Å². The highest BCUT2D eigenvalue weighted by atomic mass is 32.2. The van der Waals surface area contributed by atoms with Gasteiger partial charge in [0.15, 0.2) is 0 Å². The van der Waals surface area contributed by atoms with Crippen LogP contribution in [-0.2, 0) is 5.41 Å². The molecule has 0 bridgehead atoms. The molecule has 1 aromatic rings. The number of nitro groups is 1. The maximum absolute atomic E-state index is 11.7. The van der Waals surface area contributed by atoms with Gasteiger partial charge in [0.05, 0.1) is 9.82 Å². The number of hydrogen-bond acceptors (Lipinski definition) is 3. The van der Waals surface area contributed by atoms with Crippen molar-refractivity contribution in [3.8, 4) is 0 Å². The van der Waals surface area contributed by atoms with E-state index < -0.39 is 0 Å². The highest BCUT2D eigenvalue weighted by Gasteiger charge is 2.29. The van der Waals surface area contributed by atoms with Gasteiger partial charge in [0.25, 0.3) is 5.69 Å². The Hall–Kier alpha value is -1.03. The predicted octanol–water partition coefficient (Wildman–Crippen LogP) is 7.62. The highest BCUT2D eigenvalue weighted by molar-refractivity contribution is 7.99. The van der Waals surface area contributed by atoms with Crippen LogP contribution < -0.4 is 0 Å². The third-order valence-corrected chi connectivity index (χ3v) is 6.22. The van der Waals surface area contributed by atoms with E-state index in [1.165, 1.54) is 19.3 Å². The second kappa shape index (κ2) is 9.77.